The van der Waals surface area contributed by atoms with Crippen LogP contribution in [0.3, 0.4) is 0 Å². The lowest BCUT2D eigenvalue weighted by Crippen LogP contribution is -2.02. The zero-order chi connectivity index (χ0) is 13.1. The van der Waals surface area contributed by atoms with Gasteiger partial charge < -0.3 is 4.74 Å². The monoisotopic (exact) mass is 240 g/mol. The third-order valence-electron chi connectivity index (χ3n) is 2.95. The van der Waals surface area contributed by atoms with Crippen molar-refractivity contribution in [1.29, 1.82) is 0 Å². The largest absolute Gasteiger partial charge is 0.496 e. The number of methoxy groups -OCH3 is 1. The van der Waals surface area contributed by atoms with Gasteiger partial charge >= 0.3 is 0 Å². The molecule has 18 heavy (non-hydrogen) atoms. The van der Waals surface area contributed by atoms with Gasteiger partial charge in [-0.3, -0.25) is 4.79 Å². The van der Waals surface area contributed by atoms with Gasteiger partial charge in [-0.15, -0.1) is 0 Å². The number of carbonyl (C=O) groups is 1. The molecule has 2 aromatic carbocycles. The van der Waals surface area contributed by atoms with Gasteiger partial charge in [-0.1, -0.05) is 35.9 Å². The first kappa shape index (κ1) is 12.4. The molecule has 2 nitrogen and oxygen atoms in total. The summed E-state index contributed by atoms with van der Waals surface area (Å²) in [5, 5.41) is 0. The average Bonchev–Trinajstić information content (AvgIpc) is 2.38. The van der Waals surface area contributed by atoms with Crippen molar-refractivity contribution in [3.05, 3.63) is 64.7 Å². The van der Waals surface area contributed by atoms with Crippen molar-refractivity contribution in [1.82, 2.24) is 0 Å². The molecule has 0 saturated heterocycles. The molecule has 2 rings (SSSR count). The Bertz CT molecular complexity index is 585. The minimum absolute atomic E-state index is 0.0250. The first-order chi connectivity index (χ1) is 8.61. The summed E-state index contributed by atoms with van der Waals surface area (Å²) in [6, 6.07) is 13.1. The van der Waals surface area contributed by atoms with Crippen LogP contribution in [0.1, 0.15) is 27.0 Å². The van der Waals surface area contributed by atoms with E-state index in [1.807, 2.05) is 50.2 Å². The standard InChI is InChI=1S/C16H16O2/c1-11-5-4-6-13(9-11)16(17)14-8-7-12(2)15(10-14)18-3/h4-10H,1-3H3. The predicted octanol–water partition coefficient (Wildman–Crippen LogP) is 3.54. The average molecular weight is 240 g/mol. The van der Waals surface area contributed by atoms with E-state index in [1.165, 1.54) is 0 Å². The lowest BCUT2D eigenvalue weighted by molar-refractivity contribution is 0.103. The van der Waals surface area contributed by atoms with Crippen molar-refractivity contribution in [3.63, 3.8) is 0 Å². The lowest BCUT2D eigenvalue weighted by atomic mass is 10.0. The molecule has 0 radical (unpaired) electrons. The minimum Gasteiger partial charge on any atom is -0.496 e. The summed E-state index contributed by atoms with van der Waals surface area (Å²) in [5.41, 5.74) is 3.47. The highest BCUT2D eigenvalue weighted by Gasteiger charge is 2.11. The summed E-state index contributed by atoms with van der Waals surface area (Å²) in [6.45, 7) is 3.94. The fourth-order valence-electron chi connectivity index (χ4n) is 1.91. The lowest BCUT2D eigenvalue weighted by Gasteiger charge is -2.07. The van der Waals surface area contributed by atoms with Crippen LogP contribution < -0.4 is 4.74 Å². The van der Waals surface area contributed by atoms with Gasteiger partial charge in [0.15, 0.2) is 5.78 Å². The van der Waals surface area contributed by atoms with E-state index in [0.717, 1.165) is 16.9 Å². The molecular formula is C16H16O2. The SMILES string of the molecule is COc1cc(C(=O)c2cccc(C)c2)ccc1C. The molecule has 0 aliphatic rings. The van der Waals surface area contributed by atoms with Crippen LogP contribution in [-0.2, 0) is 0 Å². The highest BCUT2D eigenvalue weighted by Crippen LogP contribution is 2.21. The zero-order valence-electron chi connectivity index (χ0n) is 10.9. The molecule has 92 valence electrons. The van der Waals surface area contributed by atoms with Crippen molar-refractivity contribution >= 4 is 5.78 Å². The van der Waals surface area contributed by atoms with E-state index in [9.17, 15) is 4.79 Å². The summed E-state index contributed by atoms with van der Waals surface area (Å²) in [7, 11) is 1.61. The Balaban J connectivity index is 2.40. The Labute approximate surface area is 107 Å². The first-order valence-electron chi connectivity index (χ1n) is 5.88. The van der Waals surface area contributed by atoms with E-state index < -0.39 is 0 Å². The smallest absolute Gasteiger partial charge is 0.193 e. The Morgan fingerprint density at radius 3 is 2.39 bits per heavy atom. The van der Waals surface area contributed by atoms with Crippen LogP contribution >= 0.6 is 0 Å². The van der Waals surface area contributed by atoms with Crippen LogP contribution in [0.15, 0.2) is 42.5 Å². The van der Waals surface area contributed by atoms with Gasteiger partial charge in [0, 0.05) is 11.1 Å². The van der Waals surface area contributed by atoms with Crippen molar-refractivity contribution < 1.29 is 9.53 Å². The molecule has 2 aromatic rings. The van der Waals surface area contributed by atoms with Crippen LogP contribution in [0, 0.1) is 13.8 Å². The zero-order valence-corrected chi connectivity index (χ0v) is 10.9. The van der Waals surface area contributed by atoms with E-state index in [4.69, 9.17) is 4.74 Å². The van der Waals surface area contributed by atoms with E-state index >= 15 is 0 Å². The van der Waals surface area contributed by atoms with E-state index in [-0.39, 0.29) is 5.78 Å². The molecular weight excluding hydrogens is 224 g/mol. The quantitative estimate of drug-likeness (QED) is 0.767. The number of benzene rings is 2. The summed E-state index contributed by atoms with van der Waals surface area (Å²) in [6.07, 6.45) is 0. The normalized spacial score (nSPS) is 10.2. The number of hydrogen-bond donors (Lipinski definition) is 0. The molecule has 0 atom stereocenters. The van der Waals surface area contributed by atoms with E-state index in [2.05, 4.69) is 0 Å². The van der Waals surface area contributed by atoms with Crippen LogP contribution in [0.4, 0.5) is 0 Å². The van der Waals surface area contributed by atoms with Gasteiger partial charge in [0.2, 0.25) is 0 Å². The molecule has 0 aliphatic heterocycles. The van der Waals surface area contributed by atoms with Crippen molar-refractivity contribution in [2.45, 2.75) is 13.8 Å². The maximum Gasteiger partial charge on any atom is 0.193 e. The van der Waals surface area contributed by atoms with Gasteiger partial charge in [0.25, 0.3) is 0 Å². The number of ketones is 1. The Morgan fingerprint density at radius 1 is 1.00 bits per heavy atom. The molecule has 0 fully saturated rings. The molecule has 0 heterocycles. The second-order valence-corrected chi connectivity index (χ2v) is 4.38. The molecule has 0 bridgehead atoms. The molecule has 0 amide bonds. The molecule has 0 N–H and O–H groups in total. The maximum atomic E-state index is 12.3. The highest BCUT2D eigenvalue weighted by atomic mass is 16.5. The van der Waals surface area contributed by atoms with Gasteiger partial charge in [-0.25, -0.2) is 0 Å². The predicted molar refractivity (Wildman–Crippen MR) is 72.3 cm³/mol. The van der Waals surface area contributed by atoms with Gasteiger partial charge in [-0.2, -0.15) is 0 Å². The Hall–Kier alpha value is -2.09. The Morgan fingerprint density at radius 2 is 1.72 bits per heavy atom. The topological polar surface area (TPSA) is 26.3 Å². The van der Waals surface area contributed by atoms with E-state index in [0.29, 0.717) is 11.1 Å². The fraction of sp³-hybridized carbons (Fsp3) is 0.188. The number of aryl methyl sites for hydroxylation is 2. The number of hydrogen-bond acceptors (Lipinski definition) is 2. The van der Waals surface area contributed by atoms with E-state index in [1.54, 1.807) is 13.2 Å². The summed E-state index contributed by atoms with van der Waals surface area (Å²) >= 11 is 0. The van der Waals surface area contributed by atoms with Crippen molar-refractivity contribution in [2.24, 2.45) is 0 Å². The van der Waals surface area contributed by atoms with Crippen LogP contribution in [0.2, 0.25) is 0 Å². The minimum atomic E-state index is 0.0250. The molecule has 0 aromatic heterocycles. The Kier molecular flexibility index (Phi) is 3.47. The third-order valence-corrected chi connectivity index (χ3v) is 2.95. The summed E-state index contributed by atoms with van der Waals surface area (Å²) in [5.74, 6) is 0.769. The second kappa shape index (κ2) is 5.05. The van der Waals surface area contributed by atoms with Crippen molar-refractivity contribution in [2.75, 3.05) is 7.11 Å². The molecule has 2 heteroatoms. The van der Waals surface area contributed by atoms with Crippen LogP contribution in [-0.4, -0.2) is 12.9 Å². The molecule has 0 aliphatic carbocycles. The summed E-state index contributed by atoms with van der Waals surface area (Å²) < 4.78 is 5.24. The molecule has 0 saturated carbocycles. The van der Waals surface area contributed by atoms with Gasteiger partial charge in [-0.05, 0) is 31.5 Å². The second-order valence-electron chi connectivity index (χ2n) is 4.38. The van der Waals surface area contributed by atoms with Gasteiger partial charge in [0.1, 0.15) is 5.75 Å². The number of ether oxygens (including phenoxy) is 1. The van der Waals surface area contributed by atoms with Gasteiger partial charge in [0.05, 0.1) is 7.11 Å². The maximum absolute atomic E-state index is 12.3. The first-order valence-corrected chi connectivity index (χ1v) is 5.88. The fourth-order valence-corrected chi connectivity index (χ4v) is 1.91. The summed E-state index contributed by atoms with van der Waals surface area (Å²) in [4.78, 5) is 12.3. The molecule has 0 spiro atoms. The number of carbonyl (C=O) groups excluding carboxylic acids is 1. The van der Waals surface area contributed by atoms with Crippen LogP contribution in [0.25, 0.3) is 0 Å². The van der Waals surface area contributed by atoms with Crippen molar-refractivity contribution in [3.8, 4) is 5.75 Å². The number of rotatable bonds is 3. The third kappa shape index (κ3) is 2.43. The van der Waals surface area contributed by atoms with Crippen LogP contribution in [0.5, 0.6) is 5.75 Å². The highest BCUT2D eigenvalue weighted by molar-refractivity contribution is 6.09. The molecule has 0 unspecified atom stereocenters.